The van der Waals surface area contributed by atoms with Crippen LogP contribution < -0.4 is 15.5 Å². The van der Waals surface area contributed by atoms with E-state index in [1.54, 1.807) is 37.3 Å². The van der Waals surface area contributed by atoms with Crippen molar-refractivity contribution in [3.63, 3.8) is 0 Å². The Balaban J connectivity index is 1.62. The molecule has 166 valence electrons. The van der Waals surface area contributed by atoms with Crippen molar-refractivity contribution in [3.05, 3.63) is 101 Å². The fourth-order valence-electron chi connectivity index (χ4n) is 3.54. The van der Waals surface area contributed by atoms with Crippen molar-refractivity contribution in [2.75, 3.05) is 4.90 Å². The van der Waals surface area contributed by atoms with Crippen LogP contribution in [0.4, 0.5) is 19.3 Å². The van der Waals surface area contributed by atoms with Crippen molar-refractivity contribution in [2.24, 2.45) is 0 Å². The van der Waals surface area contributed by atoms with E-state index in [1.807, 2.05) is 0 Å². The largest absolute Gasteiger partial charge is 0.336 e. The third-order valence-corrected chi connectivity index (χ3v) is 5.11. The van der Waals surface area contributed by atoms with Crippen LogP contribution in [-0.4, -0.2) is 23.8 Å². The molecule has 0 saturated heterocycles. The maximum Gasteiger partial charge on any atom is 0.335 e. The van der Waals surface area contributed by atoms with Gasteiger partial charge < -0.3 is 5.32 Å². The Labute approximate surface area is 187 Å². The maximum atomic E-state index is 14.0. The normalized spacial score (nSPS) is 14.6. The molecule has 9 heteroatoms. The number of nitrogens with zero attached hydrogens (tertiary/aromatic N) is 1. The van der Waals surface area contributed by atoms with Gasteiger partial charge in [0.1, 0.15) is 17.7 Å². The molecule has 1 atom stereocenters. The Bertz CT molecular complexity index is 1290. The van der Waals surface area contributed by atoms with E-state index < -0.39 is 47.0 Å². The Hall–Kier alpha value is -4.40. The number of urea groups is 1. The van der Waals surface area contributed by atoms with Crippen molar-refractivity contribution < 1.29 is 28.0 Å². The molecule has 1 aliphatic rings. The van der Waals surface area contributed by atoms with Crippen LogP contribution in [0.25, 0.3) is 0 Å². The number of anilines is 1. The predicted molar refractivity (Wildman–Crippen MR) is 115 cm³/mol. The van der Waals surface area contributed by atoms with Crippen molar-refractivity contribution in [1.29, 1.82) is 0 Å². The standard InChI is InChI=1S/C24H17F2N3O4/c1-13-7-10-19-17(11-13)20(27-22(31)16-9-8-15(25)12-18(16)26)23(32)29(19)24(33)28-21(30)14-5-3-2-4-6-14/h2-12,20H,1H3,(H,27,31)(H,28,30,33). The van der Waals surface area contributed by atoms with E-state index in [2.05, 4.69) is 10.6 Å². The predicted octanol–water partition coefficient (Wildman–Crippen LogP) is 3.64. The molecule has 0 spiro atoms. The highest BCUT2D eigenvalue weighted by molar-refractivity contribution is 6.24. The first-order valence-electron chi connectivity index (χ1n) is 9.87. The molecule has 3 aromatic carbocycles. The van der Waals surface area contributed by atoms with Crippen LogP contribution in [0.3, 0.4) is 0 Å². The number of carbonyl (C=O) groups is 4. The molecule has 4 rings (SSSR count). The number of hydrogen-bond acceptors (Lipinski definition) is 4. The number of fused-ring (bicyclic) bond motifs is 1. The molecule has 1 heterocycles. The minimum atomic E-state index is -1.31. The van der Waals surface area contributed by atoms with Crippen LogP contribution in [-0.2, 0) is 4.79 Å². The molecule has 0 radical (unpaired) electrons. The Morgan fingerprint density at radius 3 is 2.33 bits per heavy atom. The third-order valence-electron chi connectivity index (χ3n) is 5.11. The van der Waals surface area contributed by atoms with Crippen LogP contribution in [0.15, 0.2) is 66.7 Å². The van der Waals surface area contributed by atoms with E-state index in [0.717, 1.165) is 22.6 Å². The summed E-state index contributed by atoms with van der Waals surface area (Å²) in [5, 5.41) is 4.56. The summed E-state index contributed by atoms with van der Waals surface area (Å²) in [5.74, 6) is -4.44. The number of imide groups is 2. The van der Waals surface area contributed by atoms with Crippen LogP contribution in [0.1, 0.15) is 37.9 Å². The number of amides is 5. The molecule has 33 heavy (non-hydrogen) atoms. The van der Waals surface area contributed by atoms with Gasteiger partial charge in [-0.25, -0.2) is 18.5 Å². The SMILES string of the molecule is Cc1ccc2c(c1)C(NC(=O)c1ccc(F)cc1F)C(=O)N2C(=O)NC(=O)c1ccccc1. The molecular weight excluding hydrogens is 432 g/mol. The molecular formula is C24H17F2N3O4. The smallest absolute Gasteiger partial charge is 0.335 e. The lowest BCUT2D eigenvalue weighted by Gasteiger charge is -2.17. The van der Waals surface area contributed by atoms with Gasteiger partial charge in [-0.3, -0.25) is 19.7 Å². The first-order valence-corrected chi connectivity index (χ1v) is 9.87. The quantitative estimate of drug-likeness (QED) is 0.638. The molecule has 0 fully saturated rings. The number of rotatable bonds is 3. The van der Waals surface area contributed by atoms with Crippen LogP contribution in [0, 0.1) is 18.6 Å². The van der Waals surface area contributed by atoms with E-state index in [-0.39, 0.29) is 11.3 Å². The summed E-state index contributed by atoms with van der Waals surface area (Å²) in [7, 11) is 0. The van der Waals surface area contributed by atoms with E-state index in [1.165, 1.54) is 18.2 Å². The minimum Gasteiger partial charge on any atom is -0.336 e. The summed E-state index contributed by atoms with van der Waals surface area (Å²) in [4.78, 5) is 51.7. The zero-order chi connectivity index (χ0) is 23.7. The minimum absolute atomic E-state index is 0.175. The molecule has 0 aliphatic carbocycles. The lowest BCUT2D eigenvalue weighted by atomic mass is 10.0. The molecule has 1 aliphatic heterocycles. The Kier molecular flexibility index (Phi) is 5.70. The highest BCUT2D eigenvalue weighted by Gasteiger charge is 2.42. The number of hydrogen-bond donors (Lipinski definition) is 2. The number of halogens is 2. The summed E-state index contributed by atoms with van der Waals surface area (Å²) >= 11 is 0. The molecule has 0 aromatic heterocycles. The fourth-order valence-corrected chi connectivity index (χ4v) is 3.54. The van der Waals surface area contributed by atoms with Crippen molar-refractivity contribution in [2.45, 2.75) is 13.0 Å². The lowest BCUT2D eigenvalue weighted by molar-refractivity contribution is -0.119. The van der Waals surface area contributed by atoms with Crippen LogP contribution in [0.2, 0.25) is 0 Å². The molecule has 7 nitrogen and oxygen atoms in total. The van der Waals surface area contributed by atoms with Gasteiger partial charge in [-0.15, -0.1) is 0 Å². The average molecular weight is 449 g/mol. The van der Waals surface area contributed by atoms with Gasteiger partial charge in [0.05, 0.1) is 11.3 Å². The summed E-state index contributed by atoms with van der Waals surface area (Å²) in [6.07, 6.45) is 0. The van der Waals surface area contributed by atoms with E-state index in [4.69, 9.17) is 0 Å². The van der Waals surface area contributed by atoms with Gasteiger partial charge in [0, 0.05) is 17.2 Å². The van der Waals surface area contributed by atoms with E-state index in [9.17, 15) is 28.0 Å². The fraction of sp³-hybridized carbons (Fsp3) is 0.0833. The maximum absolute atomic E-state index is 14.0. The van der Waals surface area contributed by atoms with Gasteiger partial charge >= 0.3 is 6.03 Å². The molecule has 0 saturated carbocycles. The molecule has 5 amide bonds. The molecule has 2 N–H and O–H groups in total. The second kappa shape index (κ2) is 8.62. The van der Waals surface area contributed by atoms with E-state index >= 15 is 0 Å². The van der Waals surface area contributed by atoms with Crippen molar-refractivity contribution in [3.8, 4) is 0 Å². The van der Waals surface area contributed by atoms with Crippen LogP contribution >= 0.6 is 0 Å². The number of carbonyl (C=O) groups excluding carboxylic acids is 4. The third kappa shape index (κ3) is 4.20. The van der Waals surface area contributed by atoms with Gasteiger partial charge in [-0.2, -0.15) is 0 Å². The summed E-state index contributed by atoms with van der Waals surface area (Å²) in [6, 6.07) is 12.9. The number of aryl methyl sites for hydroxylation is 1. The van der Waals surface area contributed by atoms with Gasteiger partial charge in [-0.05, 0) is 37.3 Å². The number of nitrogens with one attached hydrogen (secondary N) is 2. The second-order valence-electron chi connectivity index (χ2n) is 7.39. The first kappa shape index (κ1) is 21.8. The van der Waals surface area contributed by atoms with Gasteiger partial charge in [-0.1, -0.05) is 35.9 Å². The molecule has 0 bridgehead atoms. The number of benzene rings is 3. The highest BCUT2D eigenvalue weighted by atomic mass is 19.1. The van der Waals surface area contributed by atoms with Crippen molar-refractivity contribution in [1.82, 2.24) is 10.6 Å². The first-order chi connectivity index (χ1) is 15.8. The zero-order valence-corrected chi connectivity index (χ0v) is 17.3. The second-order valence-corrected chi connectivity index (χ2v) is 7.39. The van der Waals surface area contributed by atoms with Gasteiger partial charge in [0.2, 0.25) is 0 Å². The average Bonchev–Trinajstić information content (AvgIpc) is 3.05. The topological polar surface area (TPSA) is 95.6 Å². The summed E-state index contributed by atoms with van der Waals surface area (Å²) in [5.41, 5.74) is 0.988. The van der Waals surface area contributed by atoms with Gasteiger partial charge in [0.15, 0.2) is 0 Å². The summed E-state index contributed by atoms with van der Waals surface area (Å²) in [6.45, 7) is 1.75. The monoisotopic (exact) mass is 449 g/mol. The summed E-state index contributed by atoms with van der Waals surface area (Å²) < 4.78 is 27.2. The van der Waals surface area contributed by atoms with Gasteiger partial charge in [0.25, 0.3) is 17.7 Å². The molecule has 3 aromatic rings. The highest BCUT2D eigenvalue weighted by Crippen LogP contribution is 2.37. The molecule has 1 unspecified atom stereocenters. The Morgan fingerprint density at radius 1 is 0.909 bits per heavy atom. The van der Waals surface area contributed by atoms with Crippen molar-refractivity contribution >= 4 is 29.4 Å². The van der Waals surface area contributed by atoms with Crippen LogP contribution in [0.5, 0.6) is 0 Å². The zero-order valence-electron chi connectivity index (χ0n) is 17.3. The van der Waals surface area contributed by atoms with E-state index in [0.29, 0.717) is 11.6 Å². The Morgan fingerprint density at radius 2 is 1.64 bits per heavy atom. The lowest BCUT2D eigenvalue weighted by Crippen LogP contribution is -2.47.